The van der Waals surface area contributed by atoms with E-state index in [0.29, 0.717) is 5.92 Å². The molecule has 0 radical (unpaired) electrons. The van der Waals surface area contributed by atoms with Crippen LogP contribution in [0.4, 0.5) is 0 Å². The third-order valence-electron chi connectivity index (χ3n) is 2.88. The van der Waals surface area contributed by atoms with E-state index in [1.807, 2.05) is 12.1 Å². The molecule has 0 saturated heterocycles. The third-order valence-corrected chi connectivity index (χ3v) is 3.37. The predicted molar refractivity (Wildman–Crippen MR) is 61.2 cm³/mol. The Kier molecular flexibility index (Phi) is 2.67. The van der Waals surface area contributed by atoms with Gasteiger partial charge in [0.25, 0.3) is 0 Å². The fraction of sp³-hybridized carbons (Fsp3) is 0.500. The molecular weight excluding hydrogens is 240 g/mol. The largest absolute Gasteiger partial charge is 0.390 e. The molecule has 76 valence electrons. The molecular formula is C12H15BrO. The maximum Gasteiger partial charge on any atom is 0.0693 e. The molecule has 1 aliphatic carbocycles. The number of hydrogen-bond donors (Lipinski definition) is 1. The molecule has 0 bridgehead atoms. The lowest BCUT2D eigenvalue weighted by atomic mass is 9.69. The van der Waals surface area contributed by atoms with Gasteiger partial charge in [-0.3, -0.25) is 0 Å². The molecule has 0 aliphatic heterocycles. The van der Waals surface area contributed by atoms with Gasteiger partial charge < -0.3 is 5.11 Å². The smallest absolute Gasteiger partial charge is 0.0693 e. The lowest BCUT2D eigenvalue weighted by molar-refractivity contribution is -0.0665. The second-order valence-corrected chi connectivity index (χ2v) is 5.46. The average molecular weight is 255 g/mol. The van der Waals surface area contributed by atoms with Gasteiger partial charge in [-0.1, -0.05) is 35.0 Å². The molecule has 1 aliphatic rings. The fourth-order valence-electron chi connectivity index (χ4n) is 2.41. The lowest BCUT2D eigenvalue weighted by Crippen LogP contribution is -2.44. The van der Waals surface area contributed by atoms with E-state index in [2.05, 4.69) is 35.0 Å². The Balaban J connectivity index is 2.04. The molecule has 0 spiro atoms. The quantitative estimate of drug-likeness (QED) is 0.860. The molecule has 1 N–H and O–H groups in total. The standard InChI is InChI=1S/C12H15BrO/c1-9-6-12(14,7-9)8-10-3-2-4-11(13)5-10/h2-5,9,14H,6-8H2,1H3. The Morgan fingerprint density at radius 3 is 2.79 bits per heavy atom. The van der Waals surface area contributed by atoms with E-state index in [1.165, 1.54) is 5.56 Å². The Hall–Kier alpha value is -0.340. The van der Waals surface area contributed by atoms with Crippen LogP contribution in [0.1, 0.15) is 25.3 Å². The highest BCUT2D eigenvalue weighted by molar-refractivity contribution is 9.10. The molecule has 0 aromatic heterocycles. The molecule has 0 atom stereocenters. The zero-order valence-corrected chi connectivity index (χ0v) is 9.92. The molecule has 1 aromatic rings. The molecule has 1 saturated carbocycles. The highest BCUT2D eigenvalue weighted by Gasteiger charge is 2.39. The molecule has 0 heterocycles. The summed E-state index contributed by atoms with van der Waals surface area (Å²) in [4.78, 5) is 0. The number of benzene rings is 1. The van der Waals surface area contributed by atoms with E-state index in [0.717, 1.165) is 23.7 Å². The molecule has 2 heteroatoms. The van der Waals surface area contributed by atoms with Gasteiger partial charge in [0.1, 0.15) is 0 Å². The van der Waals surface area contributed by atoms with Crippen LogP contribution in [0.3, 0.4) is 0 Å². The molecule has 0 amide bonds. The minimum absolute atomic E-state index is 0.430. The van der Waals surface area contributed by atoms with Crippen LogP contribution in [0.5, 0.6) is 0 Å². The number of rotatable bonds is 2. The van der Waals surface area contributed by atoms with Gasteiger partial charge in [-0.05, 0) is 36.5 Å². The highest BCUT2D eigenvalue weighted by atomic mass is 79.9. The van der Waals surface area contributed by atoms with Crippen molar-refractivity contribution in [3.63, 3.8) is 0 Å². The fourth-order valence-corrected chi connectivity index (χ4v) is 2.86. The van der Waals surface area contributed by atoms with Crippen molar-refractivity contribution < 1.29 is 5.11 Å². The monoisotopic (exact) mass is 254 g/mol. The van der Waals surface area contributed by atoms with Crippen LogP contribution in [0.25, 0.3) is 0 Å². The van der Waals surface area contributed by atoms with Crippen molar-refractivity contribution in [3.8, 4) is 0 Å². The van der Waals surface area contributed by atoms with Gasteiger partial charge in [-0.2, -0.15) is 0 Å². The topological polar surface area (TPSA) is 20.2 Å². The molecule has 1 nitrogen and oxygen atoms in total. The second-order valence-electron chi connectivity index (χ2n) is 4.54. The summed E-state index contributed by atoms with van der Waals surface area (Å²) in [7, 11) is 0. The average Bonchev–Trinajstić information content (AvgIpc) is 2.00. The normalized spacial score (nSPS) is 31.2. The summed E-state index contributed by atoms with van der Waals surface area (Å²) in [6.45, 7) is 2.19. The molecule has 0 unspecified atom stereocenters. The van der Waals surface area contributed by atoms with Gasteiger partial charge in [0.2, 0.25) is 0 Å². The van der Waals surface area contributed by atoms with Crippen LogP contribution in [-0.2, 0) is 6.42 Å². The Bertz CT molecular complexity index is 329. The van der Waals surface area contributed by atoms with Crippen LogP contribution in [0.15, 0.2) is 28.7 Å². The maximum atomic E-state index is 10.1. The number of aliphatic hydroxyl groups is 1. The molecule has 14 heavy (non-hydrogen) atoms. The van der Waals surface area contributed by atoms with Crippen LogP contribution in [0.2, 0.25) is 0 Å². The van der Waals surface area contributed by atoms with Crippen LogP contribution in [0, 0.1) is 5.92 Å². The van der Waals surface area contributed by atoms with E-state index in [4.69, 9.17) is 0 Å². The molecule has 1 aromatic carbocycles. The first-order valence-corrected chi connectivity index (χ1v) is 5.84. The van der Waals surface area contributed by atoms with Crippen LogP contribution < -0.4 is 0 Å². The van der Waals surface area contributed by atoms with Crippen molar-refractivity contribution in [2.75, 3.05) is 0 Å². The zero-order chi connectivity index (χ0) is 10.2. The minimum Gasteiger partial charge on any atom is -0.390 e. The first-order chi connectivity index (χ1) is 6.57. The van der Waals surface area contributed by atoms with Gasteiger partial charge in [0.05, 0.1) is 5.60 Å². The predicted octanol–water partition coefficient (Wildman–Crippen LogP) is 3.15. The van der Waals surface area contributed by atoms with Crippen molar-refractivity contribution >= 4 is 15.9 Å². The van der Waals surface area contributed by atoms with Gasteiger partial charge in [-0.25, -0.2) is 0 Å². The number of hydrogen-bond acceptors (Lipinski definition) is 1. The summed E-state index contributed by atoms with van der Waals surface area (Å²) >= 11 is 3.44. The molecule has 1 fully saturated rings. The number of halogens is 1. The van der Waals surface area contributed by atoms with E-state index in [-0.39, 0.29) is 0 Å². The first kappa shape index (κ1) is 10.2. The van der Waals surface area contributed by atoms with Gasteiger partial charge in [-0.15, -0.1) is 0 Å². The SMILES string of the molecule is CC1CC(O)(Cc2cccc(Br)c2)C1. The summed E-state index contributed by atoms with van der Waals surface area (Å²) in [6.07, 6.45) is 2.68. The van der Waals surface area contributed by atoms with Gasteiger partial charge in [0.15, 0.2) is 0 Å². The van der Waals surface area contributed by atoms with E-state index < -0.39 is 5.60 Å². The lowest BCUT2D eigenvalue weighted by Gasteiger charge is -2.42. The zero-order valence-electron chi connectivity index (χ0n) is 8.33. The van der Waals surface area contributed by atoms with E-state index in [1.54, 1.807) is 0 Å². The third kappa shape index (κ3) is 2.18. The van der Waals surface area contributed by atoms with Crippen LogP contribution in [-0.4, -0.2) is 10.7 Å². The van der Waals surface area contributed by atoms with Gasteiger partial charge >= 0.3 is 0 Å². The summed E-state index contributed by atoms with van der Waals surface area (Å²) < 4.78 is 1.09. The summed E-state index contributed by atoms with van der Waals surface area (Å²) in [5, 5.41) is 10.1. The van der Waals surface area contributed by atoms with Crippen molar-refractivity contribution in [3.05, 3.63) is 34.3 Å². The summed E-state index contributed by atoms with van der Waals surface area (Å²) in [5.74, 6) is 0.687. The van der Waals surface area contributed by atoms with Crippen molar-refractivity contribution in [2.24, 2.45) is 5.92 Å². The second kappa shape index (κ2) is 3.67. The van der Waals surface area contributed by atoms with Crippen molar-refractivity contribution in [1.82, 2.24) is 0 Å². The van der Waals surface area contributed by atoms with Crippen molar-refractivity contribution in [1.29, 1.82) is 0 Å². The Labute approximate surface area is 93.3 Å². The minimum atomic E-state index is -0.430. The first-order valence-electron chi connectivity index (χ1n) is 5.04. The summed E-state index contributed by atoms with van der Waals surface area (Å²) in [5.41, 5.74) is 0.786. The maximum absolute atomic E-state index is 10.1. The van der Waals surface area contributed by atoms with Crippen LogP contribution >= 0.6 is 15.9 Å². The highest BCUT2D eigenvalue weighted by Crippen LogP contribution is 2.39. The van der Waals surface area contributed by atoms with Crippen molar-refractivity contribution in [2.45, 2.75) is 31.8 Å². The van der Waals surface area contributed by atoms with E-state index >= 15 is 0 Å². The molecule has 2 rings (SSSR count). The van der Waals surface area contributed by atoms with Gasteiger partial charge in [0, 0.05) is 10.9 Å². The summed E-state index contributed by atoms with van der Waals surface area (Å²) in [6, 6.07) is 8.19. The Morgan fingerprint density at radius 2 is 2.21 bits per heavy atom. The van der Waals surface area contributed by atoms with E-state index in [9.17, 15) is 5.11 Å². The Morgan fingerprint density at radius 1 is 1.50 bits per heavy atom.